The second-order valence-corrected chi connectivity index (χ2v) is 4.12. The number of hydrogen-bond acceptors (Lipinski definition) is 2. The Morgan fingerprint density at radius 1 is 1.53 bits per heavy atom. The van der Waals surface area contributed by atoms with Gasteiger partial charge in [0.15, 0.2) is 0 Å². The molecule has 0 aromatic rings. The topological polar surface area (TPSA) is 15.3 Å². The number of alkyl halides is 1. The molecule has 1 aliphatic heterocycles. The van der Waals surface area contributed by atoms with E-state index >= 15 is 0 Å². The summed E-state index contributed by atoms with van der Waals surface area (Å²) < 4.78 is 12.9. The Bertz CT molecular complexity index is 212. The van der Waals surface area contributed by atoms with Crippen molar-refractivity contribution in [1.29, 1.82) is 0 Å². The van der Waals surface area contributed by atoms with Crippen LogP contribution in [-0.2, 0) is 0 Å². The molecule has 1 fully saturated rings. The maximum Gasteiger partial charge on any atom is 0.114 e. The molecule has 1 N–H and O–H groups in total. The van der Waals surface area contributed by atoms with Crippen LogP contribution in [0.25, 0.3) is 0 Å². The van der Waals surface area contributed by atoms with Gasteiger partial charge in [0.2, 0.25) is 0 Å². The third-order valence-corrected chi connectivity index (χ3v) is 2.98. The smallest absolute Gasteiger partial charge is 0.114 e. The van der Waals surface area contributed by atoms with Crippen molar-refractivity contribution < 1.29 is 4.39 Å². The lowest BCUT2D eigenvalue weighted by atomic mass is 10.1. The van der Waals surface area contributed by atoms with Crippen LogP contribution in [-0.4, -0.2) is 43.3 Å². The first-order chi connectivity index (χ1) is 7.26. The normalized spacial score (nSPS) is 25.7. The Labute approximate surface area is 92.2 Å². The van der Waals surface area contributed by atoms with Gasteiger partial charge < -0.3 is 10.2 Å². The molecule has 0 aromatic carbocycles. The van der Waals surface area contributed by atoms with Gasteiger partial charge in [-0.1, -0.05) is 6.92 Å². The van der Waals surface area contributed by atoms with Gasteiger partial charge >= 0.3 is 0 Å². The van der Waals surface area contributed by atoms with Crippen LogP contribution in [0, 0.1) is 12.3 Å². The van der Waals surface area contributed by atoms with Crippen LogP contribution in [0.3, 0.4) is 0 Å². The largest absolute Gasteiger partial charge is 0.311 e. The maximum absolute atomic E-state index is 12.9. The molecule has 1 rings (SSSR count). The number of hydrogen-bond donors (Lipinski definition) is 1. The zero-order valence-electron chi connectivity index (χ0n) is 9.51. The molecule has 3 heteroatoms. The van der Waals surface area contributed by atoms with E-state index in [-0.39, 0.29) is 0 Å². The molecule has 15 heavy (non-hydrogen) atoms. The average molecular weight is 212 g/mol. The van der Waals surface area contributed by atoms with Gasteiger partial charge in [0.1, 0.15) is 6.17 Å². The molecule has 0 spiro atoms. The standard InChI is InChI=1S/C12H21FN2/c1-3-5-7-15(4-2)8-6-12-9-11(13)10-14-12/h1,11-12,14H,4-10H2,2H3. The van der Waals surface area contributed by atoms with Crippen LogP contribution in [0.15, 0.2) is 0 Å². The Kier molecular flexibility index (Phi) is 5.67. The third kappa shape index (κ3) is 4.63. The van der Waals surface area contributed by atoms with Gasteiger partial charge in [-0.05, 0) is 25.9 Å². The molecule has 0 aliphatic carbocycles. The summed E-state index contributed by atoms with van der Waals surface area (Å²) in [5, 5.41) is 3.20. The summed E-state index contributed by atoms with van der Waals surface area (Å²) in [5.41, 5.74) is 0. The summed E-state index contributed by atoms with van der Waals surface area (Å²) >= 11 is 0. The molecule has 0 bridgehead atoms. The van der Waals surface area contributed by atoms with Crippen molar-refractivity contribution in [3.63, 3.8) is 0 Å². The maximum atomic E-state index is 12.9. The lowest BCUT2D eigenvalue weighted by Gasteiger charge is -2.21. The highest BCUT2D eigenvalue weighted by Crippen LogP contribution is 2.13. The molecule has 1 aliphatic rings. The van der Waals surface area contributed by atoms with Crippen LogP contribution < -0.4 is 5.32 Å². The van der Waals surface area contributed by atoms with E-state index in [1.807, 2.05) is 0 Å². The molecular formula is C12H21FN2. The molecular weight excluding hydrogens is 191 g/mol. The van der Waals surface area contributed by atoms with Crippen molar-refractivity contribution in [2.75, 3.05) is 26.2 Å². The zero-order chi connectivity index (χ0) is 11.1. The molecule has 0 aromatic heterocycles. The first kappa shape index (κ1) is 12.5. The fourth-order valence-corrected chi connectivity index (χ4v) is 1.98. The van der Waals surface area contributed by atoms with Crippen molar-refractivity contribution in [2.45, 2.75) is 38.4 Å². The number of halogens is 1. The number of nitrogens with one attached hydrogen (secondary N) is 1. The van der Waals surface area contributed by atoms with Crippen molar-refractivity contribution >= 4 is 0 Å². The Hall–Kier alpha value is -0.590. The van der Waals surface area contributed by atoms with Crippen LogP contribution in [0.1, 0.15) is 26.2 Å². The number of nitrogens with zero attached hydrogens (tertiary/aromatic N) is 1. The van der Waals surface area contributed by atoms with Crippen LogP contribution in [0.2, 0.25) is 0 Å². The van der Waals surface area contributed by atoms with Gasteiger partial charge in [0.25, 0.3) is 0 Å². The van der Waals surface area contributed by atoms with Gasteiger partial charge in [0, 0.05) is 25.6 Å². The van der Waals surface area contributed by atoms with E-state index in [0.717, 1.165) is 32.5 Å². The summed E-state index contributed by atoms with van der Waals surface area (Å²) in [6, 6.07) is 0.361. The second kappa shape index (κ2) is 6.81. The summed E-state index contributed by atoms with van der Waals surface area (Å²) in [4.78, 5) is 2.33. The molecule has 2 unspecified atom stereocenters. The van der Waals surface area contributed by atoms with E-state index in [4.69, 9.17) is 6.42 Å². The molecule has 2 nitrogen and oxygen atoms in total. The first-order valence-corrected chi connectivity index (χ1v) is 5.79. The minimum Gasteiger partial charge on any atom is -0.311 e. The molecule has 0 saturated carbocycles. The molecule has 86 valence electrons. The lowest BCUT2D eigenvalue weighted by molar-refractivity contribution is 0.275. The van der Waals surface area contributed by atoms with Crippen molar-refractivity contribution in [2.24, 2.45) is 0 Å². The average Bonchev–Trinajstić information content (AvgIpc) is 2.65. The van der Waals surface area contributed by atoms with E-state index < -0.39 is 6.17 Å². The van der Waals surface area contributed by atoms with Crippen molar-refractivity contribution in [3.8, 4) is 12.3 Å². The number of terminal acetylenes is 1. The summed E-state index contributed by atoms with van der Waals surface area (Å²) in [7, 11) is 0. The third-order valence-electron chi connectivity index (χ3n) is 2.98. The molecule has 0 radical (unpaired) electrons. The van der Waals surface area contributed by atoms with E-state index in [0.29, 0.717) is 19.0 Å². The fourth-order valence-electron chi connectivity index (χ4n) is 1.98. The van der Waals surface area contributed by atoms with Gasteiger partial charge in [-0.25, -0.2) is 4.39 Å². The summed E-state index contributed by atoms with van der Waals surface area (Å²) in [6.07, 6.45) is 7.09. The minimum absolute atomic E-state index is 0.361. The lowest BCUT2D eigenvalue weighted by Crippen LogP contribution is -2.31. The monoisotopic (exact) mass is 212 g/mol. The highest BCUT2D eigenvalue weighted by Gasteiger charge is 2.23. The Balaban J connectivity index is 2.14. The van der Waals surface area contributed by atoms with E-state index in [1.165, 1.54) is 0 Å². The predicted octanol–water partition coefficient (Wildman–Crippen LogP) is 1.42. The first-order valence-electron chi connectivity index (χ1n) is 5.79. The van der Waals surface area contributed by atoms with Gasteiger partial charge in [-0.3, -0.25) is 0 Å². The van der Waals surface area contributed by atoms with Gasteiger partial charge in [-0.15, -0.1) is 12.3 Å². The fraction of sp³-hybridized carbons (Fsp3) is 0.833. The minimum atomic E-state index is -0.643. The Morgan fingerprint density at radius 2 is 2.33 bits per heavy atom. The summed E-state index contributed by atoms with van der Waals surface area (Å²) in [6.45, 7) is 5.66. The van der Waals surface area contributed by atoms with Crippen LogP contribution >= 0.6 is 0 Å². The van der Waals surface area contributed by atoms with Crippen LogP contribution in [0.4, 0.5) is 4.39 Å². The Morgan fingerprint density at radius 3 is 2.87 bits per heavy atom. The molecule has 1 heterocycles. The second-order valence-electron chi connectivity index (χ2n) is 4.12. The quantitative estimate of drug-likeness (QED) is 0.670. The SMILES string of the molecule is C#CCCN(CC)CCC1CC(F)CN1. The highest BCUT2D eigenvalue weighted by atomic mass is 19.1. The van der Waals surface area contributed by atoms with Crippen molar-refractivity contribution in [3.05, 3.63) is 0 Å². The van der Waals surface area contributed by atoms with E-state index in [2.05, 4.69) is 23.1 Å². The van der Waals surface area contributed by atoms with Gasteiger partial charge in [0.05, 0.1) is 0 Å². The van der Waals surface area contributed by atoms with E-state index in [9.17, 15) is 4.39 Å². The zero-order valence-corrected chi connectivity index (χ0v) is 9.51. The van der Waals surface area contributed by atoms with Crippen LogP contribution in [0.5, 0.6) is 0 Å². The highest BCUT2D eigenvalue weighted by molar-refractivity contribution is 4.85. The predicted molar refractivity (Wildman–Crippen MR) is 61.5 cm³/mol. The molecule has 2 atom stereocenters. The summed E-state index contributed by atoms with van der Waals surface area (Å²) in [5.74, 6) is 2.65. The number of rotatable bonds is 6. The van der Waals surface area contributed by atoms with Crippen molar-refractivity contribution in [1.82, 2.24) is 10.2 Å². The van der Waals surface area contributed by atoms with Gasteiger partial charge in [-0.2, -0.15) is 0 Å². The molecule has 1 saturated heterocycles. The molecule has 0 amide bonds. The van der Waals surface area contributed by atoms with E-state index in [1.54, 1.807) is 0 Å².